The number of carbonyl (C=O) groups is 1. The summed E-state index contributed by atoms with van der Waals surface area (Å²) in [7, 11) is 1.55. The molecule has 0 aliphatic carbocycles. The van der Waals surface area contributed by atoms with Crippen LogP contribution in [0.25, 0.3) is 0 Å². The van der Waals surface area contributed by atoms with Crippen molar-refractivity contribution in [2.45, 2.75) is 13.0 Å². The van der Waals surface area contributed by atoms with E-state index in [9.17, 15) is 4.79 Å². The van der Waals surface area contributed by atoms with E-state index in [0.29, 0.717) is 30.2 Å². The molecule has 3 N–H and O–H groups in total. The Labute approximate surface area is 136 Å². The summed E-state index contributed by atoms with van der Waals surface area (Å²) in [6.45, 7) is 2.79. The van der Waals surface area contributed by atoms with Crippen LogP contribution in [0.4, 0.5) is 0 Å². The van der Waals surface area contributed by atoms with Gasteiger partial charge in [0, 0.05) is 18.2 Å². The number of hydrogen-bond acceptors (Lipinski definition) is 4. The zero-order valence-electron chi connectivity index (χ0n) is 13.4. The first-order valence-electron chi connectivity index (χ1n) is 7.55. The van der Waals surface area contributed by atoms with Crippen LogP contribution < -0.4 is 20.5 Å². The summed E-state index contributed by atoms with van der Waals surface area (Å²) in [6.07, 6.45) is 0. The first kappa shape index (κ1) is 16.8. The third kappa shape index (κ3) is 4.47. The number of rotatable bonds is 7. The first-order valence-corrected chi connectivity index (χ1v) is 7.55. The average Bonchev–Trinajstić information content (AvgIpc) is 2.60. The number of amides is 1. The van der Waals surface area contributed by atoms with Crippen LogP contribution in [0.15, 0.2) is 48.5 Å². The lowest BCUT2D eigenvalue weighted by atomic mass is 10.1. The molecule has 2 aromatic carbocycles. The van der Waals surface area contributed by atoms with Crippen molar-refractivity contribution in [2.24, 2.45) is 5.73 Å². The lowest BCUT2D eigenvalue weighted by Gasteiger charge is -2.14. The molecule has 5 nitrogen and oxygen atoms in total. The maximum atomic E-state index is 12.3. The second kappa shape index (κ2) is 8.19. The minimum absolute atomic E-state index is 0.197. The van der Waals surface area contributed by atoms with Crippen LogP contribution >= 0.6 is 0 Å². The van der Waals surface area contributed by atoms with E-state index < -0.39 is 0 Å². The molecule has 0 aliphatic heterocycles. The Morgan fingerprint density at radius 3 is 2.57 bits per heavy atom. The van der Waals surface area contributed by atoms with Crippen molar-refractivity contribution >= 4 is 5.91 Å². The fraction of sp³-hybridized carbons (Fsp3) is 0.278. The number of carbonyl (C=O) groups excluding carboxylic acids is 1. The van der Waals surface area contributed by atoms with Gasteiger partial charge in [0.15, 0.2) is 11.5 Å². The van der Waals surface area contributed by atoms with E-state index in [4.69, 9.17) is 15.2 Å². The fourth-order valence-corrected chi connectivity index (χ4v) is 2.21. The Hall–Kier alpha value is -2.53. The van der Waals surface area contributed by atoms with Gasteiger partial charge < -0.3 is 20.5 Å². The number of methoxy groups -OCH3 is 1. The Morgan fingerprint density at radius 2 is 1.91 bits per heavy atom. The molecular formula is C18H22N2O3. The Bertz CT molecular complexity index is 644. The minimum atomic E-state index is -0.246. The van der Waals surface area contributed by atoms with Gasteiger partial charge in [0.25, 0.3) is 5.91 Å². The lowest BCUT2D eigenvalue weighted by molar-refractivity contribution is 0.0951. The molecule has 2 rings (SSSR count). The predicted molar refractivity (Wildman–Crippen MR) is 89.9 cm³/mol. The van der Waals surface area contributed by atoms with Crippen molar-refractivity contribution in [3.8, 4) is 11.5 Å². The molecule has 0 bridgehead atoms. The monoisotopic (exact) mass is 314 g/mol. The van der Waals surface area contributed by atoms with Crippen LogP contribution in [0, 0.1) is 0 Å². The summed E-state index contributed by atoms with van der Waals surface area (Å²) >= 11 is 0. The van der Waals surface area contributed by atoms with E-state index in [1.165, 1.54) is 0 Å². The topological polar surface area (TPSA) is 73.6 Å². The Morgan fingerprint density at radius 1 is 1.17 bits per heavy atom. The van der Waals surface area contributed by atoms with Gasteiger partial charge in [-0.05, 0) is 30.7 Å². The number of nitrogens with two attached hydrogens (primary N) is 1. The normalized spacial score (nSPS) is 11.6. The average molecular weight is 314 g/mol. The number of hydrogen-bond donors (Lipinski definition) is 2. The second-order valence-electron chi connectivity index (χ2n) is 5.03. The molecule has 1 atom stereocenters. The maximum Gasteiger partial charge on any atom is 0.251 e. The molecule has 122 valence electrons. The molecule has 0 radical (unpaired) electrons. The highest BCUT2D eigenvalue weighted by Crippen LogP contribution is 2.28. The molecule has 5 heteroatoms. The molecular weight excluding hydrogens is 292 g/mol. The zero-order chi connectivity index (χ0) is 16.7. The highest BCUT2D eigenvalue weighted by molar-refractivity contribution is 5.94. The predicted octanol–water partition coefficient (Wildman–Crippen LogP) is 2.52. The summed E-state index contributed by atoms with van der Waals surface area (Å²) in [4.78, 5) is 12.3. The molecule has 0 fully saturated rings. The van der Waals surface area contributed by atoms with Crippen LogP contribution in [0.5, 0.6) is 11.5 Å². The van der Waals surface area contributed by atoms with Crippen LogP contribution in [0.2, 0.25) is 0 Å². The summed E-state index contributed by atoms with van der Waals surface area (Å²) < 4.78 is 10.7. The second-order valence-corrected chi connectivity index (χ2v) is 5.03. The summed E-state index contributed by atoms with van der Waals surface area (Å²) in [5.74, 6) is 0.956. The maximum absolute atomic E-state index is 12.3. The van der Waals surface area contributed by atoms with Crippen molar-refractivity contribution in [1.82, 2.24) is 5.32 Å². The van der Waals surface area contributed by atoms with Gasteiger partial charge in [-0.2, -0.15) is 0 Å². The molecule has 2 aromatic rings. The van der Waals surface area contributed by atoms with Crippen molar-refractivity contribution in [3.05, 3.63) is 59.7 Å². The third-order valence-electron chi connectivity index (χ3n) is 3.44. The molecule has 1 amide bonds. The first-order chi connectivity index (χ1) is 11.2. The van der Waals surface area contributed by atoms with Gasteiger partial charge in [-0.25, -0.2) is 0 Å². The molecule has 1 unspecified atom stereocenters. The van der Waals surface area contributed by atoms with E-state index >= 15 is 0 Å². The molecule has 0 aromatic heterocycles. The van der Waals surface area contributed by atoms with Crippen molar-refractivity contribution in [2.75, 3.05) is 20.3 Å². The highest BCUT2D eigenvalue weighted by Gasteiger charge is 2.12. The van der Waals surface area contributed by atoms with Gasteiger partial charge in [-0.1, -0.05) is 30.3 Å². The van der Waals surface area contributed by atoms with Gasteiger partial charge in [-0.15, -0.1) is 0 Å². The minimum Gasteiger partial charge on any atom is -0.493 e. The number of nitrogens with one attached hydrogen (secondary N) is 1. The molecule has 0 saturated carbocycles. The fourth-order valence-electron chi connectivity index (χ4n) is 2.21. The van der Waals surface area contributed by atoms with E-state index in [1.54, 1.807) is 25.3 Å². The van der Waals surface area contributed by atoms with Crippen molar-refractivity contribution in [3.63, 3.8) is 0 Å². The lowest BCUT2D eigenvalue weighted by Crippen LogP contribution is -2.31. The van der Waals surface area contributed by atoms with Gasteiger partial charge >= 0.3 is 0 Å². The molecule has 0 heterocycles. The van der Waals surface area contributed by atoms with Gasteiger partial charge in [0.2, 0.25) is 0 Å². The standard InChI is InChI=1S/C18H22N2O3/c1-3-23-16-10-9-14(11-17(16)22-2)18(21)20-12-15(19)13-7-5-4-6-8-13/h4-11,15H,3,12,19H2,1-2H3,(H,20,21). The quantitative estimate of drug-likeness (QED) is 0.823. The van der Waals surface area contributed by atoms with Gasteiger partial charge in [-0.3, -0.25) is 4.79 Å². The SMILES string of the molecule is CCOc1ccc(C(=O)NCC(N)c2ccccc2)cc1OC. The van der Waals surface area contributed by atoms with E-state index in [0.717, 1.165) is 5.56 Å². The summed E-state index contributed by atoms with van der Waals surface area (Å²) in [5.41, 5.74) is 7.57. The van der Waals surface area contributed by atoms with Gasteiger partial charge in [0.05, 0.1) is 13.7 Å². The molecule has 0 aliphatic rings. The molecule has 0 saturated heterocycles. The summed E-state index contributed by atoms with van der Waals surface area (Å²) in [5, 5.41) is 2.84. The van der Waals surface area contributed by atoms with Crippen LogP contribution in [0.1, 0.15) is 28.9 Å². The van der Waals surface area contributed by atoms with E-state index in [2.05, 4.69) is 5.32 Å². The van der Waals surface area contributed by atoms with Gasteiger partial charge in [0.1, 0.15) is 0 Å². The van der Waals surface area contributed by atoms with Crippen LogP contribution in [-0.4, -0.2) is 26.2 Å². The number of benzene rings is 2. The third-order valence-corrected chi connectivity index (χ3v) is 3.44. The highest BCUT2D eigenvalue weighted by atomic mass is 16.5. The zero-order valence-corrected chi connectivity index (χ0v) is 13.4. The van der Waals surface area contributed by atoms with Crippen LogP contribution in [0.3, 0.4) is 0 Å². The molecule has 23 heavy (non-hydrogen) atoms. The van der Waals surface area contributed by atoms with Crippen molar-refractivity contribution < 1.29 is 14.3 Å². The van der Waals surface area contributed by atoms with E-state index in [-0.39, 0.29) is 11.9 Å². The number of ether oxygens (including phenoxy) is 2. The van der Waals surface area contributed by atoms with Crippen molar-refractivity contribution in [1.29, 1.82) is 0 Å². The molecule has 0 spiro atoms. The largest absolute Gasteiger partial charge is 0.493 e. The summed E-state index contributed by atoms with van der Waals surface area (Å²) in [6, 6.07) is 14.5. The Balaban J connectivity index is 2.00. The Kier molecular flexibility index (Phi) is 6.00. The smallest absolute Gasteiger partial charge is 0.251 e. The van der Waals surface area contributed by atoms with E-state index in [1.807, 2.05) is 37.3 Å². The van der Waals surface area contributed by atoms with Crippen LogP contribution in [-0.2, 0) is 0 Å².